The van der Waals surface area contributed by atoms with Gasteiger partial charge in [0.2, 0.25) is 0 Å². The van der Waals surface area contributed by atoms with Gasteiger partial charge in [-0.1, -0.05) is 18.2 Å². The molecular weight excluding hydrogens is 222 g/mol. The number of para-hydroxylation sites is 1. The summed E-state index contributed by atoms with van der Waals surface area (Å²) in [6.45, 7) is 0.152. The highest BCUT2D eigenvalue weighted by atomic mass is 16.5. The number of rotatable bonds is 1. The molecule has 5 heteroatoms. The van der Waals surface area contributed by atoms with Crippen LogP contribution in [-0.4, -0.2) is 30.8 Å². The zero-order chi connectivity index (χ0) is 12.4. The maximum absolute atomic E-state index is 11.6. The van der Waals surface area contributed by atoms with E-state index in [4.69, 9.17) is 5.11 Å². The minimum atomic E-state index is -0.895. The lowest BCUT2D eigenvalue weighted by atomic mass is 9.93. The third-order valence-corrected chi connectivity index (χ3v) is 2.90. The summed E-state index contributed by atoms with van der Waals surface area (Å²) in [4.78, 5) is 24.0. The van der Waals surface area contributed by atoms with E-state index in [1.165, 1.54) is 12.0 Å². The highest BCUT2D eigenvalue weighted by Crippen LogP contribution is 2.30. The number of hydrogen-bond acceptors (Lipinski definition) is 3. The first-order chi connectivity index (χ1) is 8.13. The Kier molecular flexibility index (Phi) is 2.99. The smallest absolute Gasteiger partial charge is 0.414 e. The van der Waals surface area contributed by atoms with Crippen molar-refractivity contribution in [2.75, 3.05) is 18.6 Å². The van der Waals surface area contributed by atoms with Crippen molar-refractivity contribution in [2.24, 2.45) is 5.92 Å². The van der Waals surface area contributed by atoms with Crippen LogP contribution >= 0.6 is 0 Å². The van der Waals surface area contributed by atoms with E-state index in [1.54, 1.807) is 6.07 Å². The van der Waals surface area contributed by atoms with Crippen molar-refractivity contribution < 1.29 is 19.4 Å². The van der Waals surface area contributed by atoms with E-state index in [1.807, 2.05) is 18.2 Å². The molecule has 0 aliphatic carbocycles. The first-order valence-corrected chi connectivity index (χ1v) is 5.29. The van der Waals surface area contributed by atoms with Gasteiger partial charge in [0.05, 0.1) is 18.7 Å². The van der Waals surface area contributed by atoms with E-state index in [-0.39, 0.29) is 6.54 Å². The van der Waals surface area contributed by atoms with E-state index in [0.717, 1.165) is 11.3 Å². The van der Waals surface area contributed by atoms with Crippen LogP contribution in [0.25, 0.3) is 0 Å². The summed E-state index contributed by atoms with van der Waals surface area (Å²) in [7, 11) is 1.29. The summed E-state index contributed by atoms with van der Waals surface area (Å²) in [6.07, 6.45) is -0.0812. The normalized spacial score (nSPS) is 18.4. The number of methoxy groups -OCH3 is 1. The van der Waals surface area contributed by atoms with Crippen molar-refractivity contribution in [3.63, 3.8) is 0 Å². The van der Waals surface area contributed by atoms with Crippen molar-refractivity contribution in [3.8, 4) is 0 Å². The molecule has 90 valence electrons. The van der Waals surface area contributed by atoms with Gasteiger partial charge in [-0.05, 0) is 18.1 Å². The van der Waals surface area contributed by atoms with Gasteiger partial charge < -0.3 is 9.84 Å². The summed E-state index contributed by atoms with van der Waals surface area (Å²) in [5.41, 5.74) is 1.59. The van der Waals surface area contributed by atoms with Crippen LogP contribution in [0.1, 0.15) is 5.56 Å². The van der Waals surface area contributed by atoms with E-state index in [0.29, 0.717) is 6.42 Å². The maximum Gasteiger partial charge on any atom is 0.414 e. The van der Waals surface area contributed by atoms with Crippen molar-refractivity contribution in [1.82, 2.24) is 0 Å². The third kappa shape index (κ3) is 2.08. The number of anilines is 1. The van der Waals surface area contributed by atoms with Crippen LogP contribution in [-0.2, 0) is 16.0 Å². The number of carboxylic acids is 1. The molecule has 0 saturated heterocycles. The lowest BCUT2D eigenvalue weighted by Crippen LogP contribution is -2.42. The van der Waals surface area contributed by atoms with Crippen LogP contribution < -0.4 is 4.90 Å². The summed E-state index contributed by atoms with van der Waals surface area (Å²) < 4.78 is 4.67. The van der Waals surface area contributed by atoms with Crippen LogP contribution in [0.5, 0.6) is 0 Å². The summed E-state index contributed by atoms with van der Waals surface area (Å²) in [6, 6.07) is 7.28. The quantitative estimate of drug-likeness (QED) is 0.801. The molecule has 0 spiro atoms. The molecule has 0 radical (unpaired) electrons. The Labute approximate surface area is 98.6 Å². The molecule has 0 aromatic heterocycles. The van der Waals surface area contributed by atoms with Gasteiger partial charge in [-0.3, -0.25) is 9.69 Å². The molecule has 1 amide bonds. The first kappa shape index (κ1) is 11.4. The molecule has 0 bridgehead atoms. The molecule has 1 aliphatic rings. The van der Waals surface area contributed by atoms with Gasteiger partial charge in [-0.2, -0.15) is 0 Å². The topological polar surface area (TPSA) is 66.8 Å². The average molecular weight is 235 g/mol. The molecule has 1 N–H and O–H groups in total. The number of fused-ring (bicyclic) bond motifs is 1. The number of amides is 1. The Hall–Kier alpha value is -2.04. The second-order valence-corrected chi connectivity index (χ2v) is 3.95. The van der Waals surface area contributed by atoms with Gasteiger partial charge in [0.25, 0.3) is 0 Å². The second kappa shape index (κ2) is 4.45. The van der Waals surface area contributed by atoms with Crippen LogP contribution in [0.2, 0.25) is 0 Å². The van der Waals surface area contributed by atoms with Crippen molar-refractivity contribution in [3.05, 3.63) is 29.8 Å². The summed E-state index contributed by atoms with van der Waals surface area (Å²) >= 11 is 0. The molecule has 17 heavy (non-hydrogen) atoms. The second-order valence-electron chi connectivity index (χ2n) is 3.95. The molecule has 1 heterocycles. The Morgan fingerprint density at radius 1 is 1.41 bits per heavy atom. The molecule has 2 rings (SSSR count). The molecule has 0 saturated carbocycles. The summed E-state index contributed by atoms with van der Waals surface area (Å²) in [5, 5.41) is 9.06. The maximum atomic E-state index is 11.6. The van der Waals surface area contributed by atoms with Crippen molar-refractivity contribution in [2.45, 2.75) is 6.42 Å². The predicted octanol–water partition coefficient (Wildman–Crippen LogP) is 1.52. The summed E-state index contributed by atoms with van der Waals surface area (Å²) in [5.74, 6) is -1.47. The SMILES string of the molecule is COC(=O)N1CC(C(=O)O)Cc2ccccc21. The largest absolute Gasteiger partial charge is 0.481 e. The fourth-order valence-corrected chi connectivity index (χ4v) is 2.04. The Bertz CT molecular complexity index is 458. The molecule has 1 aromatic carbocycles. The molecule has 5 nitrogen and oxygen atoms in total. The third-order valence-electron chi connectivity index (χ3n) is 2.90. The zero-order valence-electron chi connectivity index (χ0n) is 9.42. The fraction of sp³-hybridized carbons (Fsp3) is 0.333. The van der Waals surface area contributed by atoms with Gasteiger partial charge >= 0.3 is 12.1 Å². The standard InChI is InChI=1S/C12H13NO4/c1-17-12(16)13-7-9(11(14)15)6-8-4-2-3-5-10(8)13/h2-5,9H,6-7H2,1H3,(H,14,15). The Balaban J connectivity index is 2.39. The Morgan fingerprint density at radius 3 is 2.76 bits per heavy atom. The van der Waals surface area contributed by atoms with E-state index < -0.39 is 18.0 Å². The number of benzene rings is 1. The molecule has 1 unspecified atom stereocenters. The number of carbonyl (C=O) groups is 2. The van der Waals surface area contributed by atoms with E-state index in [9.17, 15) is 9.59 Å². The van der Waals surface area contributed by atoms with Gasteiger partial charge in [0.1, 0.15) is 0 Å². The number of carbonyl (C=O) groups excluding carboxylic acids is 1. The monoisotopic (exact) mass is 235 g/mol. The lowest BCUT2D eigenvalue weighted by Gasteiger charge is -2.31. The number of carboxylic acid groups (broad SMARTS) is 1. The van der Waals surface area contributed by atoms with Crippen LogP contribution in [0.15, 0.2) is 24.3 Å². The molecule has 1 aromatic rings. The van der Waals surface area contributed by atoms with E-state index in [2.05, 4.69) is 4.74 Å². The number of nitrogens with zero attached hydrogens (tertiary/aromatic N) is 1. The van der Waals surface area contributed by atoms with Crippen LogP contribution in [0.4, 0.5) is 10.5 Å². The van der Waals surface area contributed by atoms with Crippen LogP contribution in [0.3, 0.4) is 0 Å². The highest BCUT2D eigenvalue weighted by molar-refractivity contribution is 5.90. The van der Waals surface area contributed by atoms with Crippen molar-refractivity contribution >= 4 is 17.7 Å². The molecule has 1 aliphatic heterocycles. The van der Waals surface area contributed by atoms with Gasteiger partial charge in [-0.15, -0.1) is 0 Å². The van der Waals surface area contributed by atoms with Gasteiger partial charge in [0.15, 0.2) is 0 Å². The minimum Gasteiger partial charge on any atom is -0.481 e. The first-order valence-electron chi connectivity index (χ1n) is 5.29. The zero-order valence-corrected chi connectivity index (χ0v) is 9.42. The molecule has 1 atom stereocenters. The number of aliphatic carboxylic acids is 1. The average Bonchev–Trinajstić information content (AvgIpc) is 2.36. The van der Waals surface area contributed by atoms with Crippen molar-refractivity contribution in [1.29, 1.82) is 0 Å². The molecular formula is C12H13NO4. The van der Waals surface area contributed by atoms with E-state index >= 15 is 0 Å². The minimum absolute atomic E-state index is 0.152. The fourth-order valence-electron chi connectivity index (χ4n) is 2.04. The lowest BCUT2D eigenvalue weighted by molar-refractivity contribution is -0.141. The van der Waals surface area contributed by atoms with Gasteiger partial charge in [0, 0.05) is 6.54 Å². The number of ether oxygens (including phenoxy) is 1. The number of hydrogen-bond donors (Lipinski definition) is 1. The Morgan fingerprint density at radius 2 is 2.12 bits per heavy atom. The predicted molar refractivity (Wildman–Crippen MR) is 61.0 cm³/mol. The highest BCUT2D eigenvalue weighted by Gasteiger charge is 2.32. The van der Waals surface area contributed by atoms with Crippen LogP contribution in [0, 0.1) is 5.92 Å². The van der Waals surface area contributed by atoms with Gasteiger partial charge in [-0.25, -0.2) is 4.79 Å². The molecule has 0 fully saturated rings.